The number of amides is 1. The van der Waals surface area contributed by atoms with Gasteiger partial charge in [-0.05, 0) is 26.2 Å². The van der Waals surface area contributed by atoms with E-state index in [1.807, 2.05) is 13.0 Å². The van der Waals surface area contributed by atoms with Crippen LogP contribution >= 0.6 is 0 Å². The molecule has 1 atom stereocenters. The van der Waals surface area contributed by atoms with E-state index in [0.29, 0.717) is 13.0 Å². The van der Waals surface area contributed by atoms with Crippen LogP contribution in [-0.2, 0) is 9.53 Å². The number of carbonyl (C=O) groups is 1. The lowest BCUT2D eigenvalue weighted by molar-refractivity contribution is -0.131. The minimum atomic E-state index is 0.0644. The molecule has 1 aliphatic rings. The van der Waals surface area contributed by atoms with E-state index in [1.54, 1.807) is 4.90 Å². The average Bonchev–Trinajstić information content (AvgIpc) is 2.75. The summed E-state index contributed by atoms with van der Waals surface area (Å²) in [6, 6.07) is 2.00. The van der Waals surface area contributed by atoms with Crippen molar-refractivity contribution in [2.45, 2.75) is 38.7 Å². The molecule has 0 spiro atoms. The summed E-state index contributed by atoms with van der Waals surface area (Å²) in [4.78, 5) is 13.2. The number of hydrogen-bond donors (Lipinski definition) is 0. The second kappa shape index (κ2) is 6.41. The van der Waals surface area contributed by atoms with Gasteiger partial charge in [0.05, 0.1) is 12.2 Å². The second-order valence-corrected chi connectivity index (χ2v) is 3.74. The standard InChI is InChI=1S/C11H18N2O2/c1-2-13(8-7-12)11(14)6-5-10-4-3-9-15-10/h10H,2-6,8-9H2,1H3. The molecule has 0 bridgehead atoms. The van der Waals surface area contributed by atoms with Gasteiger partial charge in [0, 0.05) is 19.6 Å². The lowest BCUT2D eigenvalue weighted by atomic mass is 10.1. The number of carbonyl (C=O) groups excluding carboxylic acids is 1. The van der Waals surface area contributed by atoms with E-state index in [-0.39, 0.29) is 18.6 Å². The molecule has 0 N–H and O–H groups in total. The van der Waals surface area contributed by atoms with Crippen molar-refractivity contribution < 1.29 is 9.53 Å². The molecule has 1 fully saturated rings. The van der Waals surface area contributed by atoms with Crippen LogP contribution < -0.4 is 0 Å². The fourth-order valence-corrected chi connectivity index (χ4v) is 1.78. The molecule has 0 saturated carbocycles. The molecule has 1 saturated heterocycles. The Hall–Kier alpha value is -1.08. The summed E-state index contributed by atoms with van der Waals surface area (Å²) in [6.07, 6.45) is 3.72. The predicted molar refractivity (Wildman–Crippen MR) is 56.1 cm³/mol. The van der Waals surface area contributed by atoms with Gasteiger partial charge in [-0.2, -0.15) is 5.26 Å². The molecule has 1 unspecified atom stereocenters. The average molecular weight is 210 g/mol. The van der Waals surface area contributed by atoms with E-state index in [2.05, 4.69) is 0 Å². The minimum Gasteiger partial charge on any atom is -0.378 e. The molecule has 1 rings (SSSR count). The maximum Gasteiger partial charge on any atom is 0.223 e. The molecule has 1 amide bonds. The first-order chi connectivity index (χ1) is 7.27. The Morgan fingerprint density at radius 1 is 1.67 bits per heavy atom. The van der Waals surface area contributed by atoms with Gasteiger partial charge >= 0.3 is 0 Å². The van der Waals surface area contributed by atoms with Crippen LogP contribution in [0, 0.1) is 11.3 Å². The smallest absolute Gasteiger partial charge is 0.223 e. The maximum absolute atomic E-state index is 11.6. The highest BCUT2D eigenvalue weighted by atomic mass is 16.5. The molecular weight excluding hydrogens is 192 g/mol. The molecule has 4 heteroatoms. The predicted octanol–water partition coefficient (Wildman–Crippen LogP) is 1.32. The van der Waals surface area contributed by atoms with Crippen LogP contribution in [0.15, 0.2) is 0 Å². The number of nitriles is 1. The summed E-state index contributed by atoms with van der Waals surface area (Å²) in [7, 11) is 0. The Bertz CT molecular complexity index is 241. The number of ether oxygens (including phenoxy) is 1. The van der Waals surface area contributed by atoms with Crippen molar-refractivity contribution in [3.05, 3.63) is 0 Å². The summed E-state index contributed by atoms with van der Waals surface area (Å²) in [5.74, 6) is 0.0644. The van der Waals surface area contributed by atoms with Gasteiger partial charge in [0.1, 0.15) is 6.54 Å². The van der Waals surface area contributed by atoms with Crippen molar-refractivity contribution in [3.8, 4) is 6.07 Å². The van der Waals surface area contributed by atoms with E-state index in [4.69, 9.17) is 10.00 Å². The lowest BCUT2D eigenvalue weighted by Gasteiger charge is -2.18. The van der Waals surface area contributed by atoms with Crippen LogP contribution in [0.2, 0.25) is 0 Å². The summed E-state index contributed by atoms with van der Waals surface area (Å²) in [5, 5.41) is 8.53. The largest absolute Gasteiger partial charge is 0.378 e. The number of rotatable bonds is 5. The van der Waals surface area contributed by atoms with Gasteiger partial charge in [-0.15, -0.1) is 0 Å². The molecule has 0 aromatic heterocycles. The van der Waals surface area contributed by atoms with Crippen molar-refractivity contribution in [2.75, 3.05) is 19.7 Å². The Kier molecular flexibility index (Phi) is 5.13. The van der Waals surface area contributed by atoms with Crippen LogP contribution in [-0.4, -0.2) is 36.6 Å². The summed E-state index contributed by atoms with van der Waals surface area (Å²) in [5.41, 5.74) is 0. The summed E-state index contributed by atoms with van der Waals surface area (Å²) in [6.45, 7) is 3.52. The fraction of sp³-hybridized carbons (Fsp3) is 0.818. The van der Waals surface area contributed by atoms with Crippen LogP contribution in [0.25, 0.3) is 0 Å². The van der Waals surface area contributed by atoms with Gasteiger partial charge < -0.3 is 9.64 Å². The molecule has 84 valence electrons. The zero-order valence-electron chi connectivity index (χ0n) is 9.24. The van der Waals surface area contributed by atoms with Crippen LogP contribution in [0.4, 0.5) is 0 Å². The molecule has 1 heterocycles. The third-order valence-corrected chi connectivity index (χ3v) is 2.70. The highest BCUT2D eigenvalue weighted by Gasteiger charge is 2.18. The minimum absolute atomic E-state index is 0.0644. The highest BCUT2D eigenvalue weighted by Crippen LogP contribution is 2.17. The SMILES string of the molecule is CCN(CC#N)C(=O)CCC1CCCO1. The zero-order valence-corrected chi connectivity index (χ0v) is 9.24. The first-order valence-corrected chi connectivity index (χ1v) is 5.54. The van der Waals surface area contributed by atoms with E-state index in [1.165, 1.54) is 0 Å². The Morgan fingerprint density at radius 3 is 3.00 bits per heavy atom. The quantitative estimate of drug-likeness (QED) is 0.643. The zero-order chi connectivity index (χ0) is 11.1. The lowest BCUT2D eigenvalue weighted by Crippen LogP contribution is -2.31. The molecule has 4 nitrogen and oxygen atoms in total. The summed E-state index contributed by atoms with van der Waals surface area (Å²) < 4.78 is 5.44. The van der Waals surface area contributed by atoms with E-state index in [0.717, 1.165) is 25.9 Å². The van der Waals surface area contributed by atoms with Crippen molar-refractivity contribution >= 4 is 5.91 Å². The van der Waals surface area contributed by atoms with Gasteiger partial charge in [-0.25, -0.2) is 0 Å². The molecule has 0 aromatic carbocycles. The molecule has 0 aromatic rings. The van der Waals surface area contributed by atoms with Crippen molar-refractivity contribution in [3.63, 3.8) is 0 Å². The Labute approximate surface area is 90.8 Å². The highest BCUT2D eigenvalue weighted by molar-refractivity contribution is 5.76. The number of nitrogens with zero attached hydrogens (tertiary/aromatic N) is 2. The normalized spacial score (nSPS) is 19.9. The van der Waals surface area contributed by atoms with Gasteiger partial charge in [0.2, 0.25) is 5.91 Å². The van der Waals surface area contributed by atoms with Crippen LogP contribution in [0.1, 0.15) is 32.6 Å². The summed E-state index contributed by atoms with van der Waals surface area (Å²) >= 11 is 0. The van der Waals surface area contributed by atoms with Crippen molar-refractivity contribution in [1.29, 1.82) is 5.26 Å². The Balaban J connectivity index is 2.24. The topological polar surface area (TPSA) is 53.3 Å². The second-order valence-electron chi connectivity index (χ2n) is 3.74. The molecule has 1 aliphatic heterocycles. The van der Waals surface area contributed by atoms with E-state index < -0.39 is 0 Å². The molecule has 0 aliphatic carbocycles. The van der Waals surface area contributed by atoms with Crippen molar-refractivity contribution in [2.24, 2.45) is 0 Å². The van der Waals surface area contributed by atoms with Crippen LogP contribution in [0.3, 0.4) is 0 Å². The van der Waals surface area contributed by atoms with Crippen LogP contribution in [0.5, 0.6) is 0 Å². The van der Waals surface area contributed by atoms with Crippen molar-refractivity contribution in [1.82, 2.24) is 4.90 Å². The fourth-order valence-electron chi connectivity index (χ4n) is 1.78. The maximum atomic E-state index is 11.6. The Morgan fingerprint density at radius 2 is 2.47 bits per heavy atom. The van der Waals surface area contributed by atoms with Gasteiger partial charge in [-0.1, -0.05) is 0 Å². The number of hydrogen-bond acceptors (Lipinski definition) is 3. The first-order valence-electron chi connectivity index (χ1n) is 5.54. The van der Waals surface area contributed by atoms with Gasteiger partial charge in [0.25, 0.3) is 0 Å². The first kappa shape index (κ1) is 12.0. The van der Waals surface area contributed by atoms with Gasteiger partial charge in [0.15, 0.2) is 0 Å². The molecule has 15 heavy (non-hydrogen) atoms. The third kappa shape index (κ3) is 3.88. The monoisotopic (exact) mass is 210 g/mol. The molecule has 0 radical (unpaired) electrons. The van der Waals surface area contributed by atoms with Gasteiger partial charge in [-0.3, -0.25) is 4.79 Å². The van der Waals surface area contributed by atoms with E-state index >= 15 is 0 Å². The molecular formula is C11H18N2O2. The van der Waals surface area contributed by atoms with E-state index in [9.17, 15) is 4.79 Å². The third-order valence-electron chi connectivity index (χ3n) is 2.70.